The van der Waals surface area contributed by atoms with Crippen molar-refractivity contribution in [3.8, 4) is 5.88 Å². The Kier molecular flexibility index (Phi) is 4.84. The number of imidazole rings is 1. The predicted molar refractivity (Wildman–Crippen MR) is 113 cm³/mol. The number of nitrogens with zero attached hydrogens (tertiary/aromatic N) is 4. The Balaban J connectivity index is 1.54. The lowest BCUT2D eigenvalue weighted by atomic mass is 9.90. The van der Waals surface area contributed by atoms with Gasteiger partial charge in [0.25, 0.3) is 0 Å². The van der Waals surface area contributed by atoms with Crippen molar-refractivity contribution in [1.29, 1.82) is 0 Å². The number of alkyl halides is 3. The maximum atomic E-state index is 13.5. The zero-order valence-electron chi connectivity index (χ0n) is 16.6. The number of aliphatic imine (C=N–C) groups is 1. The molecule has 0 fully saturated rings. The van der Waals surface area contributed by atoms with Crippen LogP contribution in [0.1, 0.15) is 11.1 Å². The van der Waals surface area contributed by atoms with E-state index in [2.05, 4.69) is 20.1 Å². The molecule has 0 saturated carbocycles. The fourth-order valence-corrected chi connectivity index (χ4v) is 4.00. The number of H-pyrrole nitrogens is 1. The van der Waals surface area contributed by atoms with Gasteiger partial charge in [0.1, 0.15) is 12.3 Å². The van der Waals surface area contributed by atoms with E-state index in [0.29, 0.717) is 18.0 Å². The number of halogens is 3. The highest BCUT2D eigenvalue weighted by Gasteiger charge is 2.39. The second-order valence-corrected chi connectivity index (χ2v) is 7.45. The van der Waals surface area contributed by atoms with Gasteiger partial charge in [-0.05, 0) is 6.07 Å². The summed E-state index contributed by atoms with van der Waals surface area (Å²) in [5.74, 6) is -0.633. The highest BCUT2D eigenvalue weighted by molar-refractivity contribution is 6.53. The smallest absolute Gasteiger partial charge is 0.418 e. The molecule has 3 aromatic rings. The normalized spacial score (nSPS) is 21.3. The number of benzene rings is 1. The number of hydrogen-bond acceptors (Lipinski definition) is 5. The van der Waals surface area contributed by atoms with Crippen molar-refractivity contribution < 1.29 is 23.1 Å². The molecule has 0 amide bonds. The fourth-order valence-electron chi connectivity index (χ4n) is 4.00. The first-order valence-corrected chi connectivity index (χ1v) is 9.93. The van der Waals surface area contributed by atoms with Crippen LogP contribution in [0.5, 0.6) is 5.88 Å². The predicted octanol–water partition coefficient (Wildman–Crippen LogP) is 4.08. The number of fused-ring (bicyclic) bond motifs is 2. The number of hydrogen-bond donors (Lipinski definition) is 2. The van der Waals surface area contributed by atoms with Gasteiger partial charge in [-0.3, -0.25) is 4.99 Å². The minimum atomic E-state index is -4.57. The zero-order valence-corrected chi connectivity index (χ0v) is 16.6. The summed E-state index contributed by atoms with van der Waals surface area (Å²) in [5.41, 5.74) is -0.116. The molecule has 1 aliphatic carbocycles. The summed E-state index contributed by atoms with van der Waals surface area (Å²) in [6.07, 6.45) is 8.04. The lowest BCUT2D eigenvalue weighted by Gasteiger charge is -2.14. The first-order valence-electron chi connectivity index (χ1n) is 9.93. The van der Waals surface area contributed by atoms with E-state index in [1.807, 2.05) is 28.9 Å². The summed E-state index contributed by atoms with van der Waals surface area (Å²) in [6, 6.07) is 3.52. The molecule has 7 nitrogen and oxygen atoms in total. The van der Waals surface area contributed by atoms with Crippen LogP contribution in [0.4, 0.5) is 13.2 Å². The van der Waals surface area contributed by atoms with Gasteiger partial charge in [0.05, 0.1) is 47.2 Å². The Bertz CT molecular complexity index is 1270. The molecule has 0 bridgehead atoms. The second kappa shape index (κ2) is 7.70. The van der Waals surface area contributed by atoms with Crippen molar-refractivity contribution in [2.45, 2.75) is 18.8 Å². The molecular formula is C22H18F3N5O2. The number of allylic oxidation sites excluding steroid dienone is 2. The van der Waals surface area contributed by atoms with Crippen LogP contribution in [0.3, 0.4) is 0 Å². The lowest BCUT2D eigenvalue weighted by molar-refractivity contribution is -0.136. The summed E-state index contributed by atoms with van der Waals surface area (Å²) in [5, 5.41) is 15.1. The van der Waals surface area contributed by atoms with E-state index in [9.17, 15) is 18.3 Å². The minimum absolute atomic E-state index is 0.180. The van der Waals surface area contributed by atoms with E-state index in [0.717, 1.165) is 6.07 Å². The third-order valence-corrected chi connectivity index (χ3v) is 5.46. The lowest BCUT2D eigenvalue weighted by Crippen LogP contribution is -2.23. The van der Waals surface area contributed by atoms with Gasteiger partial charge in [-0.15, -0.1) is 0 Å². The molecule has 164 valence electrons. The molecule has 2 aromatic heterocycles. The van der Waals surface area contributed by atoms with Crippen LogP contribution in [-0.4, -0.2) is 43.7 Å². The van der Waals surface area contributed by atoms with Gasteiger partial charge in [0.15, 0.2) is 5.88 Å². The number of aromatic amines is 1. The van der Waals surface area contributed by atoms with Crippen LogP contribution in [0.15, 0.2) is 71.4 Å². The summed E-state index contributed by atoms with van der Waals surface area (Å²) in [6.45, 7) is 0.794. The number of aromatic hydroxyl groups is 1. The highest BCUT2D eigenvalue weighted by atomic mass is 19.4. The second-order valence-electron chi connectivity index (χ2n) is 7.45. The van der Waals surface area contributed by atoms with Crippen molar-refractivity contribution in [2.75, 3.05) is 6.61 Å². The highest BCUT2D eigenvalue weighted by Crippen LogP contribution is 2.40. The molecule has 3 heterocycles. The largest absolute Gasteiger partial charge is 0.494 e. The molecule has 0 saturated heterocycles. The van der Waals surface area contributed by atoms with Crippen molar-refractivity contribution >= 4 is 22.3 Å². The quantitative estimate of drug-likeness (QED) is 0.462. The molecule has 32 heavy (non-hydrogen) atoms. The SMILES string of the molecule is Oc1[nH]c2c(C(F)(F)F)cccc2c1C1=NC2C=CC=CC2/C1=N\OCCn1ccnc1. The van der Waals surface area contributed by atoms with Gasteiger partial charge >= 0.3 is 6.18 Å². The van der Waals surface area contributed by atoms with E-state index in [4.69, 9.17) is 4.84 Å². The van der Waals surface area contributed by atoms with Crippen LogP contribution in [-0.2, 0) is 17.6 Å². The fraction of sp³-hybridized carbons (Fsp3) is 0.227. The maximum absolute atomic E-state index is 13.5. The Morgan fingerprint density at radius 3 is 2.84 bits per heavy atom. The molecule has 2 N–H and O–H groups in total. The summed E-state index contributed by atoms with van der Waals surface area (Å²) < 4.78 is 42.3. The number of oxime groups is 1. The van der Waals surface area contributed by atoms with E-state index < -0.39 is 17.6 Å². The Hall–Kier alpha value is -3.82. The Morgan fingerprint density at radius 1 is 1.22 bits per heavy atom. The van der Waals surface area contributed by atoms with Crippen LogP contribution in [0.25, 0.3) is 10.9 Å². The minimum Gasteiger partial charge on any atom is -0.494 e. The summed E-state index contributed by atoms with van der Waals surface area (Å²) in [7, 11) is 0. The topological polar surface area (TPSA) is 87.8 Å². The molecule has 1 aliphatic heterocycles. The molecule has 0 spiro atoms. The number of nitrogens with one attached hydrogen (secondary N) is 1. The van der Waals surface area contributed by atoms with Crippen LogP contribution >= 0.6 is 0 Å². The third kappa shape index (κ3) is 3.47. The van der Waals surface area contributed by atoms with E-state index >= 15 is 0 Å². The number of aromatic nitrogens is 3. The van der Waals surface area contributed by atoms with Gasteiger partial charge in [-0.1, -0.05) is 41.6 Å². The number of rotatable bonds is 5. The summed E-state index contributed by atoms with van der Waals surface area (Å²) in [4.78, 5) is 16.6. The van der Waals surface area contributed by atoms with Crippen LogP contribution < -0.4 is 0 Å². The van der Waals surface area contributed by atoms with Gasteiger partial charge in [0.2, 0.25) is 0 Å². The Morgan fingerprint density at radius 2 is 2.06 bits per heavy atom. The zero-order chi connectivity index (χ0) is 22.3. The first kappa shape index (κ1) is 20.1. The molecular weight excluding hydrogens is 423 g/mol. The molecule has 1 aromatic carbocycles. The van der Waals surface area contributed by atoms with Crippen LogP contribution in [0, 0.1) is 5.92 Å². The Labute approximate surface area is 180 Å². The molecule has 5 rings (SSSR count). The van der Waals surface area contributed by atoms with Crippen molar-refractivity contribution in [3.05, 3.63) is 72.4 Å². The molecule has 2 unspecified atom stereocenters. The van der Waals surface area contributed by atoms with Gasteiger partial charge < -0.3 is 19.5 Å². The van der Waals surface area contributed by atoms with Gasteiger partial charge in [-0.25, -0.2) is 4.98 Å². The van der Waals surface area contributed by atoms with Crippen molar-refractivity contribution in [3.63, 3.8) is 0 Å². The monoisotopic (exact) mass is 441 g/mol. The summed E-state index contributed by atoms with van der Waals surface area (Å²) >= 11 is 0. The van der Waals surface area contributed by atoms with E-state index in [-0.39, 0.29) is 35.0 Å². The maximum Gasteiger partial charge on any atom is 0.418 e. The third-order valence-electron chi connectivity index (χ3n) is 5.46. The van der Waals surface area contributed by atoms with Crippen LogP contribution in [0.2, 0.25) is 0 Å². The standard InChI is InChI=1S/C22H18F3N5O2/c23-22(24,25)15-6-3-5-14-17(21(31)28-18(14)15)20-19(13-4-1-2-7-16(13)27-20)29-32-11-10-30-9-8-26-12-30/h1-9,12-13,16,28,31H,10-11H2/b29-19+. The van der Waals surface area contributed by atoms with Crippen molar-refractivity contribution in [2.24, 2.45) is 16.1 Å². The molecule has 0 radical (unpaired) electrons. The molecule has 2 atom stereocenters. The molecule has 10 heteroatoms. The van der Waals surface area contributed by atoms with Gasteiger partial charge in [-0.2, -0.15) is 13.2 Å². The first-order chi connectivity index (χ1) is 15.4. The number of para-hydroxylation sites is 1. The van der Waals surface area contributed by atoms with Crippen molar-refractivity contribution in [1.82, 2.24) is 14.5 Å². The van der Waals surface area contributed by atoms with E-state index in [1.165, 1.54) is 12.1 Å². The van der Waals surface area contributed by atoms with E-state index in [1.54, 1.807) is 18.7 Å². The molecule has 2 aliphatic rings. The van der Waals surface area contributed by atoms with Gasteiger partial charge in [0, 0.05) is 17.8 Å². The average Bonchev–Trinajstić information content (AvgIpc) is 3.47. The average molecular weight is 441 g/mol.